The Kier molecular flexibility index (Phi) is 7.39. The molecule has 1 aliphatic carbocycles. The van der Waals surface area contributed by atoms with E-state index in [1.54, 1.807) is 43.3 Å². The molecule has 2 aromatic carbocycles. The van der Waals surface area contributed by atoms with Gasteiger partial charge in [0.05, 0.1) is 20.5 Å². The lowest BCUT2D eigenvalue weighted by molar-refractivity contribution is -0.123. The number of halogens is 1. The summed E-state index contributed by atoms with van der Waals surface area (Å²) in [5.74, 6) is -0.742. The average molecular weight is 481 g/mol. The van der Waals surface area contributed by atoms with Gasteiger partial charge in [0.2, 0.25) is 5.91 Å². The molecule has 3 aromatic rings. The van der Waals surface area contributed by atoms with E-state index in [0.29, 0.717) is 22.6 Å². The van der Waals surface area contributed by atoms with Gasteiger partial charge in [-0.15, -0.1) is 0 Å². The van der Waals surface area contributed by atoms with Crippen molar-refractivity contribution in [2.75, 3.05) is 19.1 Å². The molecule has 1 atom stereocenters. The zero-order valence-electron chi connectivity index (χ0n) is 20.0. The van der Waals surface area contributed by atoms with Gasteiger partial charge in [-0.25, -0.2) is 4.39 Å². The molecule has 1 fully saturated rings. The summed E-state index contributed by atoms with van der Waals surface area (Å²) in [6, 6.07) is 11.5. The second-order valence-electron chi connectivity index (χ2n) is 8.56. The summed E-state index contributed by atoms with van der Waals surface area (Å²) in [6.07, 6.45) is 5.14. The van der Waals surface area contributed by atoms with E-state index < -0.39 is 23.7 Å². The number of nitrogens with zero attached hydrogens (tertiary/aromatic N) is 1. The second kappa shape index (κ2) is 10.6. The van der Waals surface area contributed by atoms with E-state index in [1.165, 1.54) is 37.5 Å². The lowest BCUT2D eigenvalue weighted by Crippen LogP contribution is -2.46. The first kappa shape index (κ1) is 24.3. The van der Waals surface area contributed by atoms with E-state index in [4.69, 9.17) is 13.9 Å². The SMILES string of the molecule is COc1cccc([C@@H](C(=O)NC2CCCC2)N(C(=O)c2ccco2)c2ccc(C)c(F)c2)c1OC. The molecule has 7 nitrogen and oxygen atoms in total. The van der Waals surface area contributed by atoms with Crippen molar-refractivity contribution in [3.8, 4) is 11.5 Å². The number of hydrogen-bond acceptors (Lipinski definition) is 5. The van der Waals surface area contributed by atoms with Crippen LogP contribution in [-0.4, -0.2) is 32.1 Å². The van der Waals surface area contributed by atoms with E-state index in [-0.39, 0.29) is 17.5 Å². The Morgan fingerprint density at radius 3 is 2.49 bits per heavy atom. The van der Waals surface area contributed by atoms with Crippen LogP contribution in [0.25, 0.3) is 0 Å². The van der Waals surface area contributed by atoms with Gasteiger partial charge in [0, 0.05) is 17.3 Å². The molecule has 184 valence electrons. The predicted octanol–water partition coefficient (Wildman–Crippen LogP) is 5.19. The molecule has 0 aliphatic heterocycles. The van der Waals surface area contributed by atoms with Gasteiger partial charge < -0.3 is 19.2 Å². The smallest absolute Gasteiger partial charge is 0.294 e. The van der Waals surface area contributed by atoms with Crippen LogP contribution in [0.5, 0.6) is 11.5 Å². The van der Waals surface area contributed by atoms with Crippen LogP contribution in [0.3, 0.4) is 0 Å². The van der Waals surface area contributed by atoms with Crippen LogP contribution in [0.4, 0.5) is 10.1 Å². The van der Waals surface area contributed by atoms with E-state index in [0.717, 1.165) is 25.7 Å². The van der Waals surface area contributed by atoms with E-state index in [2.05, 4.69) is 5.32 Å². The van der Waals surface area contributed by atoms with Crippen LogP contribution >= 0.6 is 0 Å². The molecule has 0 radical (unpaired) electrons. The molecule has 0 saturated heterocycles. The van der Waals surface area contributed by atoms with Crippen molar-refractivity contribution in [1.82, 2.24) is 5.32 Å². The fourth-order valence-corrected chi connectivity index (χ4v) is 4.51. The number of para-hydroxylation sites is 1. The van der Waals surface area contributed by atoms with Crippen molar-refractivity contribution in [3.05, 3.63) is 77.5 Å². The average Bonchev–Trinajstić information content (AvgIpc) is 3.58. The molecule has 4 rings (SSSR count). The van der Waals surface area contributed by atoms with E-state index >= 15 is 0 Å². The van der Waals surface area contributed by atoms with Crippen molar-refractivity contribution in [1.29, 1.82) is 0 Å². The van der Waals surface area contributed by atoms with Crippen molar-refractivity contribution in [2.45, 2.75) is 44.7 Å². The number of anilines is 1. The number of furan rings is 1. The molecule has 1 heterocycles. The summed E-state index contributed by atoms with van der Waals surface area (Å²) in [5.41, 5.74) is 1.04. The van der Waals surface area contributed by atoms with Crippen LogP contribution in [0.15, 0.2) is 59.2 Å². The lowest BCUT2D eigenvalue weighted by atomic mass is 10.00. The minimum Gasteiger partial charge on any atom is -0.493 e. The van der Waals surface area contributed by atoms with Crippen LogP contribution < -0.4 is 19.7 Å². The summed E-state index contributed by atoms with van der Waals surface area (Å²) < 4.78 is 31.2. The number of carbonyl (C=O) groups excluding carboxylic acids is 2. The van der Waals surface area contributed by atoms with Gasteiger partial charge in [-0.3, -0.25) is 14.5 Å². The quantitative estimate of drug-likeness (QED) is 0.480. The highest BCUT2D eigenvalue weighted by atomic mass is 19.1. The zero-order valence-corrected chi connectivity index (χ0v) is 20.0. The van der Waals surface area contributed by atoms with Gasteiger partial charge in [-0.1, -0.05) is 31.0 Å². The van der Waals surface area contributed by atoms with Crippen molar-refractivity contribution >= 4 is 17.5 Å². The van der Waals surface area contributed by atoms with Crippen molar-refractivity contribution in [2.24, 2.45) is 0 Å². The first-order valence-corrected chi connectivity index (χ1v) is 11.6. The molecular weight excluding hydrogens is 451 g/mol. The Balaban J connectivity index is 1.91. The molecule has 1 aliphatic rings. The number of methoxy groups -OCH3 is 2. The predicted molar refractivity (Wildman–Crippen MR) is 129 cm³/mol. The molecule has 0 spiro atoms. The van der Waals surface area contributed by atoms with Gasteiger partial charge in [0.15, 0.2) is 17.3 Å². The van der Waals surface area contributed by atoms with Crippen molar-refractivity contribution < 1.29 is 27.9 Å². The van der Waals surface area contributed by atoms with Gasteiger partial charge in [-0.05, 0) is 55.7 Å². The number of ether oxygens (including phenoxy) is 2. The Labute approximate surface area is 203 Å². The largest absolute Gasteiger partial charge is 0.493 e. The molecule has 2 amide bonds. The normalized spacial score (nSPS) is 14.4. The molecule has 1 aromatic heterocycles. The van der Waals surface area contributed by atoms with Gasteiger partial charge in [0.1, 0.15) is 11.9 Å². The maximum absolute atomic E-state index is 14.7. The Morgan fingerprint density at radius 1 is 1.09 bits per heavy atom. The number of amides is 2. The second-order valence-corrected chi connectivity index (χ2v) is 8.56. The lowest BCUT2D eigenvalue weighted by Gasteiger charge is -2.32. The number of hydrogen-bond donors (Lipinski definition) is 1. The van der Waals surface area contributed by atoms with Crippen molar-refractivity contribution in [3.63, 3.8) is 0 Å². The van der Waals surface area contributed by atoms with Gasteiger partial charge >= 0.3 is 0 Å². The summed E-state index contributed by atoms with van der Waals surface area (Å²) in [5, 5.41) is 3.09. The Morgan fingerprint density at radius 2 is 1.86 bits per heavy atom. The maximum Gasteiger partial charge on any atom is 0.294 e. The third-order valence-corrected chi connectivity index (χ3v) is 6.32. The molecule has 1 saturated carbocycles. The Bertz CT molecular complexity index is 1190. The van der Waals surface area contributed by atoms with E-state index in [1.807, 2.05) is 0 Å². The summed E-state index contributed by atoms with van der Waals surface area (Å²) in [7, 11) is 2.97. The van der Waals surface area contributed by atoms with E-state index in [9.17, 15) is 14.0 Å². The van der Waals surface area contributed by atoms with Gasteiger partial charge in [-0.2, -0.15) is 0 Å². The minimum absolute atomic E-state index is 0.00285. The number of benzene rings is 2. The third-order valence-electron chi connectivity index (χ3n) is 6.32. The fraction of sp³-hybridized carbons (Fsp3) is 0.333. The van der Waals surface area contributed by atoms with Gasteiger partial charge in [0.25, 0.3) is 5.91 Å². The number of aryl methyl sites for hydroxylation is 1. The fourth-order valence-electron chi connectivity index (χ4n) is 4.51. The Hall–Kier alpha value is -3.81. The van der Waals surface area contributed by atoms with Crippen LogP contribution in [-0.2, 0) is 4.79 Å². The molecule has 1 N–H and O–H groups in total. The highest BCUT2D eigenvalue weighted by molar-refractivity contribution is 6.09. The highest BCUT2D eigenvalue weighted by Crippen LogP contribution is 2.40. The first-order valence-electron chi connectivity index (χ1n) is 11.6. The summed E-state index contributed by atoms with van der Waals surface area (Å²) in [6.45, 7) is 1.63. The minimum atomic E-state index is -1.18. The molecule has 0 bridgehead atoms. The third kappa shape index (κ3) is 5.01. The van der Waals surface area contributed by atoms with Crippen LogP contribution in [0.1, 0.15) is 53.4 Å². The highest BCUT2D eigenvalue weighted by Gasteiger charge is 2.38. The van der Waals surface area contributed by atoms with Crippen LogP contribution in [0, 0.1) is 12.7 Å². The monoisotopic (exact) mass is 480 g/mol. The number of carbonyl (C=O) groups is 2. The molecule has 35 heavy (non-hydrogen) atoms. The number of rotatable bonds is 8. The number of nitrogens with one attached hydrogen (secondary N) is 1. The zero-order chi connectivity index (χ0) is 24.9. The molecule has 8 heteroatoms. The van der Waals surface area contributed by atoms with Crippen LogP contribution in [0.2, 0.25) is 0 Å². The first-order chi connectivity index (χ1) is 16.9. The summed E-state index contributed by atoms with van der Waals surface area (Å²) in [4.78, 5) is 28.9. The molecular formula is C27H29FN2O5. The topological polar surface area (TPSA) is 81.0 Å². The standard InChI is InChI=1S/C27H29FN2O5/c1-17-13-14-19(16-21(17)28)30(27(32)23-12-7-15-35-23)24(26(31)29-18-8-4-5-9-18)20-10-6-11-22(33-2)25(20)34-3/h6-7,10-16,18,24H,4-5,8-9H2,1-3H3,(H,29,31)/t24-/m0/s1. The summed E-state index contributed by atoms with van der Waals surface area (Å²) >= 11 is 0. The molecule has 0 unspecified atom stereocenters. The maximum atomic E-state index is 14.7.